The first-order chi connectivity index (χ1) is 10.7. The predicted molar refractivity (Wildman–Crippen MR) is 90.7 cm³/mol. The van der Waals surface area contributed by atoms with Crippen LogP contribution in [0.5, 0.6) is 0 Å². The first-order valence-corrected chi connectivity index (χ1v) is 7.80. The van der Waals surface area contributed by atoms with Crippen molar-refractivity contribution in [1.29, 1.82) is 0 Å². The van der Waals surface area contributed by atoms with Gasteiger partial charge in [0.2, 0.25) is 5.52 Å². The van der Waals surface area contributed by atoms with Crippen LogP contribution in [0.3, 0.4) is 0 Å². The van der Waals surface area contributed by atoms with E-state index >= 15 is 0 Å². The summed E-state index contributed by atoms with van der Waals surface area (Å²) in [5, 5.41) is 1.35. The Kier molecular flexibility index (Phi) is 4.49. The fourth-order valence-corrected chi connectivity index (χ4v) is 3.29. The minimum Gasteiger partial charge on any atom is -1.00 e. The van der Waals surface area contributed by atoms with Gasteiger partial charge in [-0.1, -0.05) is 35.3 Å². The number of para-hydroxylation sites is 2. The molecular weight excluding hydrogens is 351 g/mol. The van der Waals surface area contributed by atoms with E-state index in [2.05, 4.69) is 57.8 Å². The van der Waals surface area contributed by atoms with Gasteiger partial charge in [0, 0.05) is 22.8 Å². The summed E-state index contributed by atoms with van der Waals surface area (Å²) in [5.41, 5.74) is 4.55. The third-order valence-electron chi connectivity index (χ3n) is 3.87. The molecule has 2 aromatic carbocycles. The first-order valence-electron chi connectivity index (χ1n) is 7.04. The Morgan fingerprint density at radius 2 is 1.78 bits per heavy atom. The van der Waals surface area contributed by atoms with Crippen LogP contribution < -0.4 is 17.0 Å². The standard InChI is InChI=1S/C18H13Cl2N2.ClH/c19-14-8-7-13(16(20)10-14)11-21-12-15-4-3-9-22(15)18-6-2-1-5-17(18)21;/h1-10,12H,11H2;1H/q+1;/p-1. The van der Waals surface area contributed by atoms with Crippen molar-refractivity contribution in [2.75, 3.05) is 0 Å². The highest BCUT2D eigenvalue weighted by molar-refractivity contribution is 6.35. The highest BCUT2D eigenvalue weighted by Gasteiger charge is 2.15. The second kappa shape index (κ2) is 6.40. The maximum atomic E-state index is 6.32. The van der Waals surface area contributed by atoms with E-state index in [1.807, 2.05) is 12.1 Å². The van der Waals surface area contributed by atoms with Crippen molar-refractivity contribution in [3.8, 4) is 0 Å². The molecule has 0 N–H and O–H groups in total. The lowest BCUT2D eigenvalue weighted by Gasteiger charge is -2.06. The molecule has 2 heterocycles. The van der Waals surface area contributed by atoms with E-state index in [1.54, 1.807) is 6.07 Å². The summed E-state index contributed by atoms with van der Waals surface area (Å²) in [4.78, 5) is 0. The van der Waals surface area contributed by atoms with Crippen LogP contribution in [0.15, 0.2) is 67.0 Å². The molecule has 116 valence electrons. The number of nitrogens with zero attached hydrogens (tertiary/aromatic N) is 2. The molecule has 0 unspecified atom stereocenters. The molecule has 0 atom stereocenters. The largest absolute Gasteiger partial charge is 1.00 e. The van der Waals surface area contributed by atoms with Crippen molar-refractivity contribution in [1.82, 2.24) is 4.40 Å². The van der Waals surface area contributed by atoms with Crippen LogP contribution >= 0.6 is 23.2 Å². The third kappa shape index (κ3) is 2.90. The number of fused-ring (bicyclic) bond motifs is 3. The minimum atomic E-state index is 0. The molecule has 0 saturated carbocycles. The first kappa shape index (κ1) is 16.1. The number of hydrogen-bond donors (Lipinski definition) is 0. The lowest BCUT2D eigenvalue weighted by molar-refractivity contribution is -0.661. The van der Waals surface area contributed by atoms with Gasteiger partial charge in [0.1, 0.15) is 11.0 Å². The predicted octanol–water partition coefficient (Wildman–Crippen LogP) is 1.74. The Labute approximate surface area is 150 Å². The maximum absolute atomic E-state index is 6.32. The molecule has 2 aromatic heterocycles. The van der Waals surface area contributed by atoms with Crippen molar-refractivity contribution in [2.24, 2.45) is 0 Å². The molecule has 0 bridgehead atoms. The molecule has 4 rings (SSSR count). The summed E-state index contributed by atoms with van der Waals surface area (Å²) in [6, 6.07) is 18.2. The summed E-state index contributed by atoms with van der Waals surface area (Å²) < 4.78 is 4.41. The summed E-state index contributed by atoms with van der Waals surface area (Å²) in [6.07, 6.45) is 4.23. The third-order valence-corrected chi connectivity index (χ3v) is 4.46. The number of halogens is 3. The van der Waals surface area contributed by atoms with Gasteiger partial charge in [-0.3, -0.25) is 0 Å². The SMILES string of the molecule is Clc1ccc(C[n+]2cc3cccn3c3ccccc32)c(Cl)c1.[Cl-]. The zero-order valence-electron chi connectivity index (χ0n) is 12.1. The van der Waals surface area contributed by atoms with E-state index in [1.165, 1.54) is 5.52 Å². The second-order valence-electron chi connectivity index (χ2n) is 5.28. The number of aromatic nitrogens is 2. The van der Waals surface area contributed by atoms with Crippen molar-refractivity contribution < 1.29 is 17.0 Å². The topological polar surface area (TPSA) is 8.29 Å². The lowest BCUT2D eigenvalue weighted by Crippen LogP contribution is -3.00. The molecule has 0 aliphatic carbocycles. The van der Waals surface area contributed by atoms with Crippen LogP contribution in [0.1, 0.15) is 5.56 Å². The molecule has 0 saturated heterocycles. The Morgan fingerprint density at radius 1 is 0.957 bits per heavy atom. The Morgan fingerprint density at radius 3 is 2.61 bits per heavy atom. The van der Waals surface area contributed by atoms with Crippen LogP contribution in [-0.4, -0.2) is 4.40 Å². The molecule has 0 aliphatic heterocycles. The Balaban J connectivity index is 0.00000156. The second-order valence-corrected chi connectivity index (χ2v) is 6.13. The molecule has 23 heavy (non-hydrogen) atoms. The van der Waals surface area contributed by atoms with Crippen molar-refractivity contribution in [3.05, 3.63) is 82.6 Å². The monoisotopic (exact) mass is 362 g/mol. The van der Waals surface area contributed by atoms with E-state index in [9.17, 15) is 0 Å². The number of rotatable bonds is 2. The molecular formula is C18H13Cl3N2. The van der Waals surface area contributed by atoms with Gasteiger partial charge in [0.15, 0.2) is 12.7 Å². The number of hydrogen-bond acceptors (Lipinski definition) is 0. The van der Waals surface area contributed by atoms with Gasteiger partial charge < -0.3 is 16.8 Å². The van der Waals surface area contributed by atoms with E-state index in [-0.39, 0.29) is 12.4 Å². The van der Waals surface area contributed by atoms with Crippen LogP contribution in [-0.2, 0) is 6.54 Å². The molecule has 4 aromatic rings. The van der Waals surface area contributed by atoms with E-state index < -0.39 is 0 Å². The van der Waals surface area contributed by atoms with Crippen molar-refractivity contribution in [2.45, 2.75) is 6.54 Å². The summed E-state index contributed by atoms with van der Waals surface area (Å²) in [7, 11) is 0. The summed E-state index contributed by atoms with van der Waals surface area (Å²) in [6.45, 7) is 0.707. The van der Waals surface area contributed by atoms with Gasteiger partial charge in [-0.25, -0.2) is 0 Å². The van der Waals surface area contributed by atoms with E-state index in [0.29, 0.717) is 16.6 Å². The molecule has 0 radical (unpaired) electrons. The average molecular weight is 364 g/mol. The highest BCUT2D eigenvalue weighted by Crippen LogP contribution is 2.21. The Bertz CT molecular complexity index is 992. The average Bonchev–Trinajstić information content (AvgIpc) is 2.99. The molecule has 2 nitrogen and oxygen atoms in total. The van der Waals surface area contributed by atoms with E-state index in [4.69, 9.17) is 23.2 Å². The van der Waals surface area contributed by atoms with Gasteiger partial charge in [-0.05, 0) is 36.4 Å². The Hall–Kier alpha value is -1.74. The highest BCUT2D eigenvalue weighted by atomic mass is 35.5. The smallest absolute Gasteiger partial charge is 0.229 e. The quantitative estimate of drug-likeness (QED) is 0.480. The van der Waals surface area contributed by atoms with Crippen molar-refractivity contribution in [3.63, 3.8) is 0 Å². The number of benzene rings is 2. The molecule has 0 fully saturated rings. The molecule has 5 heteroatoms. The van der Waals surface area contributed by atoms with E-state index in [0.717, 1.165) is 16.6 Å². The van der Waals surface area contributed by atoms with Crippen LogP contribution in [0.25, 0.3) is 16.6 Å². The van der Waals surface area contributed by atoms with Gasteiger partial charge in [0.05, 0.1) is 5.02 Å². The normalized spacial score (nSPS) is 10.9. The summed E-state index contributed by atoms with van der Waals surface area (Å²) >= 11 is 12.3. The zero-order chi connectivity index (χ0) is 15.1. The van der Waals surface area contributed by atoms with Gasteiger partial charge in [0.25, 0.3) is 0 Å². The van der Waals surface area contributed by atoms with Gasteiger partial charge in [-0.15, -0.1) is 0 Å². The fraction of sp³-hybridized carbons (Fsp3) is 0.0556. The minimum absolute atomic E-state index is 0. The van der Waals surface area contributed by atoms with Crippen LogP contribution in [0.4, 0.5) is 0 Å². The fourth-order valence-electron chi connectivity index (χ4n) is 2.82. The van der Waals surface area contributed by atoms with Crippen molar-refractivity contribution >= 4 is 39.8 Å². The van der Waals surface area contributed by atoms with Gasteiger partial charge >= 0.3 is 0 Å². The lowest BCUT2D eigenvalue weighted by atomic mass is 10.2. The summed E-state index contributed by atoms with van der Waals surface area (Å²) in [5.74, 6) is 0. The molecule has 0 amide bonds. The zero-order valence-corrected chi connectivity index (χ0v) is 14.4. The molecule has 0 spiro atoms. The maximum Gasteiger partial charge on any atom is 0.229 e. The molecule has 0 aliphatic rings. The van der Waals surface area contributed by atoms with Crippen LogP contribution in [0.2, 0.25) is 10.0 Å². The van der Waals surface area contributed by atoms with Crippen LogP contribution in [0, 0.1) is 0 Å². The van der Waals surface area contributed by atoms with Gasteiger partial charge in [-0.2, -0.15) is 4.57 Å².